The number of phenols is 1. The fraction of sp³-hybridized carbons (Fsp3) is 0.300. The molecule has 0 radical (unpaired) electrons. The van der Waals surface area contributed by atoms with E-state index in [1.54, 1.807) is 6.92 Å². The van der Waals surface area contributed by atoms with Gasteiger partial charge >= 0.3 is 0 Å². The van der Waals surface area contributed by atoms with Crippen LogP contribution in [0.3, 0.4) is 0 Å². The number of Topliss-reactive ketones (excluding diaryl/α,β-unsaturated/α-hetero) is 1. The van der Waals surface area contributed by atoms with E-state index >= 15 is 0 Å². The molecule has 1 aromatic rings. The van der Waals surface area contributed by atoms with Crippen molar-refractivity contribution in [1.29, 1.82) is 0 Å². The Morgan fingerprint density at radius 2 is 2.14 bits per heavy atom. The molecule has 0 amide bonds. The molecule has 0 fully saturated rings. The highest BCUT2D eigenvalue weighted by Crippen LogP contribution is 2.29. The van der Waals surface area contributed by atoms with E-state index in [0.29, 0.717) is 0 Å². The SMILES string of the molecule is CCC(=O)c1ccc(O)c(C(F)F)c1. The predicted octanol–water partition coefficient (Wildman–Crippen LogP) is 2.92. The first kappa shape index (κ1) is 10.6. The maximum atomic E-state index is 12.3. The van der Waals surface area contributed by atoms with E-state index in [4.69, 9.17) is 5.11 Å². The number of phenolic OH excluding ortho intramolecular Hbond substituents is 1. The molecule has 0 aromatic heterocycles. The maximum absolute atomic E-state index is 12.3. The molecule has 1 rings (SSSR count). The molecule has 0 atom stereocenters. The number of ketones is 1. The highest BCUT2D eigenvalue weighted by molar-refractivity contribution is 5.96. The second kappa shape index (κ2) is 4.17. The maximum Gasteiger partial charge on any atom is 0.267 e. The van der Waals surface area contributed by atoms with Crippen molar-refractivity contribution in [2.45, 2.75) is 19.8 Å². The first-order valence-electron chi connectivity index (χ1n) is 4.20. The number of alkyl halides is 2. The van der Waals surface area contributed by atoms with Crippen molar-refractivity contribution in [2.24, 2.45) is 0 Å². The number of carbonyl (C=O) groups excluding carboxylic acids is 1. The van der Waals surface area contributed by atoms with Crippen molar-refractivity contribution < 1.29 is 18.7 Å². The molecule has 0 unspecified atom stereocenters. The van der Waals surface area contributed by atoms with E-state index in [9.17, 15) is 13.6 Å². The van der Waals surface area contributed by atoms with Crippen molar-refractivity contribution >= 4 is 5.78 Å². The average molecular weight is 200 g/mol. The van der Waals surface area contributed by atoms with Crippen molar-refractivity contribution in [3.05, 3.63) is 29.3 Å². The standard InChI is InChI=1S/C10H10F2O2/c1-2-8(13)6-3-4-9(14)7(5-6)10(11)12/h3-5,10,14H,2H2,1H3. The van der Waals surface area contributed by atoms with Crippen LogP contribution in [0, 0.1) is 0 Å². The molecule has 14 heavy (non-hydrogen) atoms. The smallest absolute Gasteiger partial charge is 0.267 e. The Labute approximate surface area is 80.2 Å². The van der Waals surface area contributed by atoms with Crippen LogP contribution in [0.2, 0.25) is 0 Å². The fourth-order valence-electron chi connectivity index (χ4n) is 1.11. The first-order valence-corrected chi connectivity index (χ1v) is 4.20. The van der Waals surface area contributed by atoms with Gasteiger partial charge in [-0.25, -0.2) is 8.78 Å². The van der Waals surface area contributed by atoms with Gasteiger partial charge in [-0.15, -0.1) is 0 Å². The summed E-state index contributed by atoms with van der Waals surface area (Å²) in [6, 6.07) is 3.49. The third kappa shape index (κ3) is 2.07. The quantitative estimate of drug-likeness (QED) is 0.761. The van der Waals surface area contributed by atoms with Crippen molar-refractivity contribution in [1.82, 2.24) is 0 Å². The number of hydrogen-bond donors (Lipinski definition) is 1. The topological polar surface area (TPSA) is 37.3 Å². The van der Waals surface area contributed by atoms with Gasteiger partial charge in [0.05, 0.1) is 5.56 Å². The molecule has 4 heteroatoms. The third-order valence-corrected chi connectivity index (χ3v) is 1.91. The van der Waals surface area contributed by atoms with Gasteiger partial charge in [0.25, 0.3) is 6.43 Å². The zero-order valence-electron chi connectivity index (χ0n) is 7.63. The van der Waals surface area contributed by atoms with Crippen molar-refractivity contribution in [2.75, 3.05) is 0 Å². The van der Waals surface area contributed by atoms with E-state index in [-0.39, 0.29) is 17.8 Å². The summed E-state index contributed by atoms with van der Waals surface area (Å²) in [4.78, 5) is 11.2. The number of hydrogen-bond acceptors (Lipinski definition) is 2. The second-order valence-electron chi connectivity index (χ2n) is 2.85. The van der Waals surface area contributed by atoms with Gasteiger partial charge in [-0.2, -0.15) is 0 Å². The lowest BCUT2D eigenvalue weighted by atomic mass is 10.1. The lowest BCUT2D eigenvalue weighted by Crippen LogP contribution is -1.98. The largest absolute Gasteiger partial charge is 0.507 e. The molecule has 76 valence electrons. The van der Waals surface area contributed by atoms with Crippen LogP contribution in [0.5, 0.6) is 5.75 Å². The van der Waals surface area contributed by atoms with E-state index in [1.165, 1.54) is 6.07 Å². The predicted molar refractivity (Wildman–Crippen MR) is 47.7 cm³/mol. The molecule has 0 aliphatic heterocycles. The molecular weight excluding hydrogens is 190 g/mol. The summed E-state index contributed by atoms with van der Waals surface area (Å²) in [6.45, 7) is 1.65. The Morgan fingerprint density at radius 3 is 2.64 bits per heavy atom. The van der Waals surface area contributed by atoms with E-state index in [1.807, 2.05) is 0 Å². The normalized spacial score (nSPS) is 10.6. The average Bonchev–Trinajstić information content (AvgIpc) is 2.17. The summed E-state index contributed by atoms with van der Waals surface area (Å²) in [5.41, 5.74) is -0.287. The Kier molecular flexibility index (Phi) is 3.17. The summed E-state index contributed by atoms with van der Waals surface area (Å²) in [5.74, 6) is -0.695. The summed E-state index contributed by atoms with van der Waals surface area (Å²) in [7, 11) is 0. The summed E-state index contributed by atoms with van der Waals surface area (Å²) < 4.78 is 24.6. The zero-order valence-corrected chi connectivity index (χ0v) is 7.63. The van der Waals surface area contributed by atoms with Crippen LogP contribution < -0.4 is 0 Å². The highest BCUT2D eigenvalue weighted by atomic mass is 19.3. The Bertz CT molecular complexity index is 348. The molecule has 1 N–H and O–H groups in total. The minimum Gasteiger partial charge on any atom is -0.507 e. The van der Waals surface area contributed by atoms with Gasteiger partial charge < -0.3 is 5.11 Å². The molecule has 0 spiro atoms. The van der Waals surface area contributed by atoms with Crippen LogP contribution in [0.4, 0.5) is 8.78 Å². The molecule has 2 nitrogen and oxygen atoms in total. The van der Waals surface area contributed by atoms with E-state index in [0.717, 1.165) is 12.1 Å². The lowest BCUT2D eigenvalue weighted by molar-refractivity contribution is 0.0987. The number of halogens is 2. The van der Waals surface area contributed by atoms with Gasteiger partial charge in [0.1, 0.15) is 5.75 Å². The monoisotopic (exact) mass is 200 g/mol. The van der Waals surface area contributed by atoms with Crippen LogP contribution in [0.25, 0.3) is 0 Å². The molecule has 0 heterocycles. The Balaban J connectivity index is 3.13. The summed E-state index contributed by atoms with van der Waals surface area (Å²) in [6.07, 6.45) is -2.51. The molecule has 1 aromatic carbocycles. The highest BCUT2D eigenvalue weighted by Gasteiger charge is 2.14. The number of carbonyl (C=O) groups is 1. The molecule has 0 bridgehead atoms. The Hall–Kier alpha value is -1.45. The van der Waals surface area contributed by atoms with Crippen molar-refractivity contribution in [3.8, 4) is 5.75 Å². The van der Waals surface area contributed by atoms with Crippen LogP contribution in [-0.4, -0.2) is 10.9 Å². The lowest BCUT2D eigenvalue weighted by Gasteiger charge is -2.05. The van der Waals surface area contributed by atoms with Crippen LogP contribution in [0.15, 0.2) is 18.2 Å². The van der Waals surface area contributed by atoms with Crippen LogP contribution in [0.1, 0.15) is 35.7 Å². The van der Waals surface area contributed by atoms with Gasteiger partial charge in [0, 0.05) is 12.0 Å². The van der Waals surface area contributed by atoms with Gasteiger partial charge in [-0.3, -0.25) is 4.79 Å². The molecule has 0 aliphatic carbocycles. The summed E-state index contributed by atoms with van der Waals surface area (Å²) >= 11 is 0. The molecular formula is C10H10F2O2. The summed E-state index contributed by atoms with van der Waals surface area (Å²) in [5, 5.41) is 9.07. The number of aromatic hydroxyl groups is 1. The minimum absolute atomic E-state index is 0.209. The van der Waals surface area contributed by atoms with Crippen molar-refractivity contribution in [3.63, 3.8) is 0 Å². The number of benzene rings is 1. The third-order valence-electron chi connectivity index (χ3n) is 1.91. The van der Waals surface area contributed by atoms with Gasteiger partial charge in [0.15, 0.2) is 5.78 Å². The van der Waals surface area contributed by atoms with Crippen LogP contribution >= 0.6 is 0 Å². The van der Waals surface area contributed by atoms with Crippen LogP contribution in [-0.2, 0) is 0 Å². The minimum atomic E-state index is -2.76. The molecule has 0 aliphatic rings. The zero-order chi connectivity index (χ0) is 10.7. The van der Waals surface area contributed by atoms with Gasteiger partial charge in [0.2, 0.25) is 0 Å². The van der Waals surface area contributed by atoms with E-state index in [2.05, 4.69) is 0 Å². The van der Waals surface area contributed by atoms with Gasteiger partial charge in [-0.1, -0.05) is 6.92 Å². The fourth-order valence-corrected chi connectivity index (χ4v) is 1.11. The van der Waals surface area contributed by atoms with Gasteiger partial charge in [-0.05, 0) is 18.2 Å². The molecule has 0 saturated heterocycles. The molecule has 0 saturated carbocycles. The van der Waals surface area contributed by atoms with E-state index < -0.39 is 17.7 Å². The number of rotatable bonds is 3. The first-order chi connectivity index (χ1) is 6.56. The second-order valence-corrected chi connectivity index (χ2v) is 2.85. The Morgan fingerprint density at radius 1 is 1.50 bits per heavy atom.